The van der Waals surface area contributed by atoms with Gasteiger partial charge in [0.1, 0.15) is 0 Å². The lowest BCUT2D eigenvalue weighted by atomic mass is 10.0. The number of hydrogen-bond donors (Lipinski definition) is 0. The molecule has 0 unspecified atom stereocenters. The van der Waals surface area contributed by atoms with E-state index in [2.05, 4.69) is 226 Å². The van der Waals surface area contributed by atoms with Crippen molar-refractivity contribution in [2.24, 2.45) is 0 Å². The molecule has 0 atom stereocenters. The first-order valence-electron chi connectivity index (χ1n) is 19.8. The van der Waals surface area contributed by atoms with Crippen molar-refractivity contribution in [2.45, 2.75) is 0 Å². The zero-order valence-corrected chi connectivity index (χ0v) is 32.3. The van der Waals surface area contributed by atoms with E-state index in [1.165, 1.54) is 80.6 Å². The predicted octanol–water partition coefficient (Wildman–Crippen LogP) is 15.4. The molecule has 12 rings (SSSR count). The van der Waals surface area contributed by atoms with Gasteiger partial charge in [-0.3, -0.25) is 0 Å². The van der Waals surface area contributed by atoms with Crippen LogP contribution in [0.15, 0.2) is 212 Å². The lowest BCUT2D eigenvalue weighted by Gasteiger charge is -2.26. The molecule has 3 nitrogen and oxygen atoms in total. The van der Waals surface area contributed by atoms with Gasteiger partial charge in [-0.05, 0) is 120 Å². The van der Waals surface area contributed by atoms with E-state index in [0.717, 1.165) is 22.7 Å². The second-order valence-electron chi connectivity index (χ2n) is 15.0. The first-order valence-corrected chi connectivity index (χ1v) is 20.6. The fraction of sp³-hybridized carbons (Fsp3) is 0. The summed E-state index contributed by atoms with van der Waals surface area (Å²) in [5.41, 5.74) is 12.9. The van der Waals surface area contributed by atoms with E-state index in [1.807, 2.05) is 11.3 Å². The average Bonchev–Trinajstić information content (AvgIpc) is 3.94. The number of thiophene rings is 1. The van der Waals surface area contributed by atoms with Crippen molar-refractivity contribution < 1.29 is 0 Å². The molecule has 272 valence electrons. The van der Waals surface area contributed by atoms with Crippen LogP contribution in [0.1, 0.15) is 0 Å². The van der Waals surface area contributed by atoms with Crippen LogP contribution in [0.25, 0.3) is 86.3 Å². The van der Waals surface area contributed by atoms with Crippen molar-refractivity contribution >= 4 is 92.2 Å². The summed E-state index contributed by atoms with van der Waals surface area (Å²) in [6, 6.07) is 77.4. The van der Waals surface area contributed by atoms with Gasteiger partial charge in [-0.25, -0.2) is 0 Å². The lowest BCUT2D eigenvalue weighted by Crippen LogP contribution is -2.09. The predicted molar refractivity (Wildman–Crippen MR) is 248 cm³/mol. The summed E-state index contributed by atoms with van der Waals surface area (Å²) < 4.78 is 7.40. The molecule has 9 aromatic carbocycles. The molecule has 4 heteroatoms. The molecular formula is C54H35N3S. The fourth-order valence-electron chi connectivity index (χ4n) is 9.07. The maximum Gasteiger partial charge on any atom is 0.0541 e. The smallest absolute Gasteiger partial charge is 0.0541 e. The van der Waals surface area contributed by atoms with Crippen molar-refractivity contribution in [3.63, 3.8) is 0 Å². The first-order chi connectivity index (χ1) is 28.8. The number of hydrogen-bond acceptors (Lipinski definition) is 2. The van der Waals surface area contributed by atoms with Gasteiger partial charge in [0.05, 0.1) is 22.1 Å². The van der Waals surface area contributed by atoms with Crippen molar-refractivity contribution in [1.82, 2.24) is 9.13 Å². The Morgan fingerprint density at radius 2 is 0.759 bits per heavy atom. The summed E-state index contributed by atoms with van der Waals surface area (Å²) >= 11 is 1.85. The summed E-state index contributed by atoms with van der Waals surface area (Å²) in [5, 5.41) is 7.60. The van der Waals surface area contributed by atoms with Gasteiger partial charge in [0, 0.05) is 70.2 Å². The largest absolute Gasteiger partial charge is 0.310 e. The minimum Gasteiger partial charge on any atom is -0.310 e. The minimum absolute atomic E-state index is 1.11. The maximum absolute atomic E-state index is 2.41. The number of anilines is 3. The van der Waals surface area contributed by atoms with Crippen molar-refractivity contribution in [1.29, 1.82) is 0 Å². The van der Waals surface area contributed by atoms with Crippen LogP contribution in [0.2, 0.25) is 0 Å². The van der Waals surface area contributed by atoms with Crippen LogP contribution >= 0.6 is 11.3 Å². The summed E-state index contributed by atoms with van der Waals surface area (Å²) in [6.07, 6.45) is 0. The molecule has 0 fully saturated rings. The van der Waals surface area contributed by atoms with Crippen LogP contribution in [0, 0.1) is 0 Å². The van der Waals surface area contributed by atoms with Crippen molar-refractivity contribution in [2.75, 3.05) is 4.90 Å². The van der Waals surface area contributed by atoms with Crippen LogP contribution < -0.4 is 4.90 Å². The van der Waals surface area contributed by atoms with Crippen molar-refractivity contribution in [3.05, 3.63) is 212 Å². The van der Waals surface area contributed by atoms with Crippen LogP contribution in [0.4, 0.5) is 17.1 Å². The van der Waals surface area contributed by atoms with Gasteiger partial charge in [0.2, 0.25) is 0 Å². The van der Waals surface area contributed by atoms with Gasteiger partial charge < -0.3 is 14.0 Å². The Balaban J connectivity index is 0.964. The Morgan fingerprint density at radius 1 is 0.293 bits per heavy atom. The second-order valence-corrected chi connectivity index (χ2v) is 16.1. The number of para-hydroxylation sites is 4. The molecule has 12 aromatic rings. The molecule has 0 aliphatic rings. The number of rotatable bonds is 6. The van der Waals surface area contributed by atoms with E-state index < -0.39 is 0 Å². The molecule has 0 N–H and O–H groups in total. The van der Waals surface area contributed by atoms with E-state index in [0.29, 0.717) is 0 Å². The Morgan fingerprint density at radius 3 is 1.40 bits per heavy atom. The van der Waals surface area contributed by atoms with E-state index >= 15 is 0 Å². The maximum atomic E-state index is 2.41. The summed E-state index contributed by atoms with van der Waals surface area (Å²) in [6.45, 7) is 0. The monoisotopic (exact) mass is 757 g/mol. The summed E-state index contributed by atoms with van der Waals surface area (Å²) in [4.78, 5) is 2.36. The van der Waals surface area contributed by atoms with Crippen molar-refractivity contribution in [3.8, 4) is 22.5 Å². The topological polar surface area (TPSA) is 13.1 Å². The average molecular weight is 758 g/mol. The molecule has 0 aliphatic heterocycles. The zero-order valence-electron chi connectivity index (χ0n) is 31.5. The highest BCUT2D eigenvalue weighted by Gasteiger charge is 2.18. The highest BCUT2D eigenvalue weighted by molar-refractivity contribution is 7.25. The molecule has 0 radical (unpaired) electrons. The fourth-order valence-corrected chi connectivity index (χ4v) is 10.2. The third-order valence-electron chi connectivity index (χ3n) is 11.7. The van der Waals surface area contributed by atoms with Crippen LogP contribution in [-0.4, -0.2) is 9.13 Å². The molecule has 0 saturated carbocycles. The Hall–Kier alpha value is -7.40. The summed E-state index contributed by atoms with van der Waals surface area (Å²) in [7, 11) is 0. The third-order valence-corrected chi connectivity index (χ3v) is 12.8. The van der Waals surface area contributed by atoms with Gasteiger partial charge in [-0.15, -0.1) is 11.3 Å². The second kappa shape index (κ2) is 13.1. The van der Waals surface area contributed by atoms with Crippen LogP contribution in [0.5, 0.6) is 0 Å². The van der Waals surface area contributed by atoms with Gasteiger partial charge in [0.15, 0.2) is 0 Å². The lowest BCUT2D eigenvalue weighted by molar-refractivity contribution is 1.17. The molecule has 0 spiro atoms. The normalized spacial score (nSPS) is 11.8. The number of fused-ring (bicyclic) bond motifs is 9. The molecule has 0 bridgehead atoms. The molecule has 0 saturated heterocycles. The van der Waals surface area contributed by atoms with Crippen LogP contribution in [0.3, 0.4) is 0 Å². The quantitative estimate of drug-likeness (QED) is 0.165. The van der Waals surface area contributed by atoms with Crippen LogP contribution in [-0.2, 0) is 0 Å². The molecule has 0 amide bonds. The van der Waals surface area contributed by atoms with Gasteiger partial charge in [-0.1, -0.05) is 103 Å². The Bertz CT molecular complexity index is 3500. The SMILES string of the molecule is c1ccc(N(c2ccc(-n3c4ccccc4c4cc(-c5ccc6c(c5)c5ccccc5n6-c5ccccc5)ccc43)cc2)c2ccc3sc4ccccc4c3c2)cc1. The number of aromatic nitrogens is 2. The molecule has 3 heterocycles. The molecule has 0 aliphatic carbocycles. The van der Waals surface area contributed by atoms with E-state index in [4.69, 9.17) is 0 Å². The summed E-state index contributed by atoms with van der Waals surface area (Å²) in [5.74, 6) is 0. The molecular weight excluding hydrogens is 723 g/mol. The number of nitrogens with zero attached hydrogens (tertiary/aromatic N) is 3. The molecule has 3 aromatic heterocycles. The van der Waals surface area contributed by atoms with E-state index in [9.17, 15) is 0 Å². The standard InChI is InChI=1S/C54H35N3S/c1-3-13-38(14-4-1)55(42-29-32-54-48(35-42)45-19-9-12-22-53(45)58-54)40-25-27-41(28-26-40)57-50-21-11-8-18-44(50)47-34-37(24-31-52(47)57)36-23-30-51-46(33-36)43-17-7-10-20-49(43)56(51)39-15-5-2-6-16-39/h1-35H. The van der Waals surface area contributed by atoms with Gasteiger partial charge >= 0.3 is 0 Å². The van der Waals surface area contributed by atoms with E-state index in [-0.39, 0.29) is 0 Å². The minimum atomic E-state index is 1.11. The van der Waals surface area contributed by atoms with Gasteiger partial charge in [0.25, 0.3) is 0 Å². The first kappa shape index (κ1) is 32.8. The highest BCUT2D eigenvalue weighted by Crippen LogP contribution is 2.42. The molecule has 58 heavy (non-hydrogen) atoms. The Labute approximate surface area is 339 Å². The highest BCUT2D eigenvalue weighted by atomic mass is 32.1. The Kier molecular flexibility index (Phi) is 7.40. The van der Waals surface area contributed by atoms with Gasteiger partial charge in [-0.2, -0.15) is 0 Å². The zero-order chi connectivity index (χ0) is 38.2. The third kappa shape index (κ3) is 5.12. The number of benzene rings is 9. The van der Waals surface area contributed by atoms with E-state index in [1.54, 1.807) is 0 Å².